The molecule has 6 heteroatoms. The highest BCUT2D eigenvalue weighted by Gasteiger charge is 2.21. The lowest BCUT2D eigenvalue weighted by molar-refractivity contribution is -0.229. The Kier molecular flexibility index (Phi) is 6.13. The van der Waals surface area contributed by atoms with Crippen LogP contribution in [0.4, 0.5) is 0 Å². The lowest BCUT2D eigenvalue weighted by atomic mass is 10.1. The van der Waals surface area contributed by atoms with E-state index in [1.807, 2.05) is 6.92 Å². The van der Waals surface area contributed by atoms with E-state index in [4.69, 9.17) is 4.74 Å². The van der Waals surface area contributed by atoms with Crippen LogP contribution >= 0.6 is 0 Å². The van der Waals surface area contributed by atoms with E-state index in [2.05, 4.69) is 16.4 Å². The lowest BCUT2D eigenvalue weighted by Crippen LogP contribution is -2.16. The van der Waals surface area contributed by atoms with E-state index in [0.717, 1.165) is 0 Å². The van der Waals surface area contributed by atoms with E-state index in [1.54, 1.807) is 12.1 Å². The van der Waals surface area contributed by atoms with Crippen molar-refractivity contribution in [1.29, 1.82) is 0 Å². The molecule has 0 aliphatic carbocycles. The van der Waals surface area contributed by atoms with E-state index in [9.17, 15) is 14.4 Å². The van der Waals surface area contributed by atoms with Crippen LogP contribution in [0.15, 0.2) is 36.4 Å². The van der Waals surface area contributed by atoms with Crippen molar-refractivity contribution in [3.05, 3.63) is 47.5 Å². The Labute approximate surface area is 122 Å². The molecule has 21 heavy (non-hydrogen) atoms. The smallest absolute Gasteiger partial charge is 0.387 e. The molecule has 112 valence electrons. The quantitative estimate of drug-likeness (QED) is 0.359. The zero-order chi connectivity index (χ0) is 15.8. The molecule has 0 amide bonds. The topological polar surface area (TPSA) is 78.9 Å². The Hall–Kier alpha value is -2.63. The predicted molar refractivity (Wildman–Crippen MR) is 73.3 cm³/mol. The molecule has 0 unspecified atom stereocenters. The molecule has 0 aromatic heterocycles. The van der Waals surface area contributed by atoms with Gasteiger partial charge < -0.3 is 4.74 Å². The summed E-state index contributed by atoms with van der Waals surface area (Å²) in [6.07, 6.45) is 0.661. The van der Waals surface area contributed by atoms with Crippen LogP contribution in [0, 0.1) is 0 Å². The maximum absolute atomic E-state index is 11.8. The van der Waals surface area contributed by atoms with Gasteiger partial charge in [0.1, 0.15) is 0 Å². The minimum atomic E-state index is -0.964. The number of carbonyl (C=O) groups excluding carboxylic acids is 3. The molecule has 0 heterocycles. The van der Waals surface area contributed by atoms with Crippen molar-refractivity contribution < 1.29 is 28.9 Å². The molecule has 0 spiro atoms. The highest BCUT2D eigenvalue weighted by atomic mass is 17.2. The molecule has 0 aliphatic rings. The summed E-state index contributed by atoms with van der Waals surface area (Å²) in [5.41, 5.74) is 0.0777. The fraction of sp³-hybridized carbons (Fsp3) is 0.267. The number of hydrogen-bond acceptors (Lipinski definition) is 6. The first kappa shape index (κ1) is 16.4. The molecule has 1 aromatic rings. The van der Waals surface area contributed by atoms with Crippen molar-refractivity contribution in [2.24, 2.45) is 0 Å². The highest BCUT2D eigenvalue weighted by molar-refractivity contribution is 6.03. The molecule has 0 radical (unpaired) electrons. The number of benzene rings is 1. The summed E-state index contributed by atoms with van der Waals surface area (Å²) in [5.74, 6) is -2.47. The van der Waals surface area contributed by atoms with Gasteiger partial charge in [-0.15, -0.1) is 0 Å². The average molecular weight is 292 g/mol. The molecule has 1 aromatic carbocycles. The Morgan fingerprint density at radius 1 is 1.05 bits per heavy atom. The summed E-state index contributed by atoms with van der Waals surface area (Å²) in [6.45, 7) is 6.85. The Morgan fingerprint density at radius 2 is 1.62 bits per heavy atom. The normalized spacial score (nSPS) is 9.62. The SMILES string of the molecule is C=C(C)C(=O)OOC(=O)c1ccccc1C(=O)OCCC. The third kappa shape index (κ3) is 4.76. The maximum atomic E-state index is 11.8. The predicted octanol–water partition coefficient (Wildman–Crippen LogP) is 2.44. The molecule has 0 aliphatic heterocycles. The van der Waals surface area contributed by atoms with Crippen LogP contribution in [-0.4, -0.2) is 24.5 Å². The number of esters is 1. The Bertz CT molecular complexity index is 561. The van der Waals surface area contributed by atoms with Crippen molar-refractivity contribution >= 4 is 17.9 Å². The molecule has 0 saturated heterocycles. The molecular weight excluding hydrogens is 276 g/mol. The van der Waals surface area contributed by atoms with Gasteiger partial charge >= 0.3 is 17.9 Å². The summed E-state index contributed by atoms with van der Waals surface area (Å²) in [6, 6.07) is 5.93. The molecule has 1 rings (SSSR count). The van der Waals surface area contributed by atoms with Gasteiger partial charge in [-0.05, 0) is 25.5 Å². The third-order valence-corrected chi connectivity index (χ3v) is 2.35. The zero-order valence-electron chi connectivity index (χ0n) is 11.9. The van der Waals surface area contributed by atoms with E-state index >= 15 is 0 Å². The van der Waals surface area contributed by atoms with Crippen molar-refractivity contribution in [3.63, 3.8) is 0 Å². The summed E-state index contributed by atoms with van der Waals surface area (Å²) in [7, 11) is 0. The molecule has 0 N–H and O–H groups in total. The van der Waals surface area contributed by atoms with Crippen LogP contribution in [0.5, 0.6) is 0 Å². The van der Waals surface area contributed by atoms with Crippen LogP contribution in [0.3, 0.4) is 0 Å². The van der Waals surface area contributed by atoms with Crippen LogP contribution < -0.4 is 0 Å². The number of ether oxygens (including phenoxy) is 1. The van der Waals surface area contributed by atoms with E-state index in [1.165, 1.54) is 19.1 Å². The van der Waals surface area contributed by atoms with E-state index < -0.39 is 17.9 Å². The van der Waals surface area contributed by atoms with Crippen molar-refractivity contribution in [1.82, 2.24) is 0 Å². The highest BCUT2D eigenvalue weighted by Crippen LogP contribution is 2.12. The molecule has 0 saturated carbocycles. The fourth-order valence-corrected chi connectivity index (χ4v) is 1.30. The maximum Gasteiger partial charge on any atom is 0.387 e. The molecule has 0 fully saturated rings. The van der Waals surface area contributed by atoms with Gasteiger partial charge in [0.15, 0.2) is 0 Å². The zero-order valence-corrected chi connectivity index (χ0v) is 11.9. The number of rotatable bonds is 5. The van der Waals surface area contributed by atoms with Gasteiger partial charge in [0.2, 0.25) is 0 Å². The molecule has 0 atom stereocenters. The molecule has 6 nitrogen and oxygen atoms in total. The summed E-state index contributed by atoms with van der Waals surface area (Å²) in [4.78, 5) is 43.5. The average Bonchev–Trinajstić information content (AvgIpc) is 2.49. The van der Waals surface area contributed by atoms with Gasteiger partial charge in [0, 0.05) is 5.57 Å². The second-order valence-electron chi connectivity index (χ2n) is 4.20. The second-order valence-corrected chi connectivity index (χ2v) is 4.20. The minimum Gasteiger partial charge on any atom is -0.462 e. The van der Waals surface area contributed by atoms with Gasteiger partial charge in [0.25, 0.3) is 0 Å². The van der Waals surface area contributed by atoms with E-state index in [0.29, 0.717) is 6.42 Å². The standard InChI is InChI=1S/C15H16O6/c1-4-9-19-14(17)11-7-5-6-8-12(11)15(18)21-20-13(16)10(2)3/h5-8H,2,4,9H2,1,3H3. The first-order chi connectivity index (χ1) is 9.97. The first-order valence-corrected chi connectivity index (χ1v) is 6.32. The first-order valence-electron chi connectivity index (χ1n) is 6.32. The van der Waals surface area contributed by atoms with Gasteiger partial charge in [-0.3, -0.25) is 0 Å². The van der Waals surface area contributed by atoms with Crippen LogP contribution in [0.25, 0.3) is 0 Å². The van der Waals surface area contributed by atoms with Crippen molar-refractivity contribution in [2.75, 3.05) is 6.61 Å². The summed E-state index contributed by atoms with van der Waals surface area (Å²) in [5, 5.41) is 0. The van der Waals surface area contributed by atoms with Crippen molar-refractivity contribution in [2.45, 2.75) is 20.3 Å². The Morgan fingerprint density at radius 3 is 2.14 bits per heavy atom. The third-order valence-electron chi connectivity index (χ3n) is 2.35. The van der Waals surface area contributed by atoms with Gasteiger partial charge in [-0.2, -0.15) is 0 Å². The van der Waals surface area contributed by atoms with E-state index in [-0.39, 0.29) is 23.3 Å². The van der Waals surface area contributed by atoms with Crippen LogP contribution in [0.2, 0.25) is 0 Å². The van der Waals surface area contributed by atoms with Gasteiger partial charge in [-0.25, -0.2) is 24.2 Å². The number of carbonyl (C=O) groups is 3. The molecule has 0 bridgehead atoms. The van der Waals surface area contributed by atoms with Crippen molar-refractivity contribution in [3.8, 4) is 0 Å². The minimum absolute atomic E-state index is 0.0438. The fourth-order valence-electron chi connectivity index (χ4n) is 1.30. The Balaban J connectivity index is 2.82. The molecular formula is C15H16O6. The van der Waals surface area contributed by atoms with Gasteiger partial charge in [-0.1, -0.05) is 25.6 Å². The van der Waals surface area contributed by atoms with Crippen LogP contribution in [-0.2, 0) is 19.3 Å². The lowest BCUT2D eigenvalue weighted by Gasteiger charge is -2.08. The summed E-state index contributed by atoms with van der Waals surface area (Å²) < 4.78 is 4.96. The summed E-state index contributed by atoms with van der Waals surface area (Å²) >= 11 is 0. The number of hydrogen-bond donors (Lipinski definition) is 0. The monoisotopic (exact) mass is 292 g/mol. The van der Waals surface area contributed by atoms with Gasteiger partial charge in [0.05, 0.1) is 17.7 Å². The largest absolute Gasteiger partial charge is 0.462 e. The van der Waals surface area contributed by atoms with Crippen LogP contribution in [0.1, 0.15) is 41.0 Å². The second kappa shape index (κ2) is 7.84.